The Bertz CT molecular complexity index is 1060. The number of hydrogen-bond acceptors (Lipinski definition) is 6. The Morgan fingerprint density at radius 2 is 1.87 bits per heavy atom. The highest BCUT2D eigenvalue weighted by Gasteiger charge is 2.28. The summed E-state index contributed by atoms with van der Waals surface area (Å²) in [4.78, 5) is 25.5. The van der Waals surface area contributed by atoms with Crippen molar-refractivity contribution in [1.29, 1.82) is 0 Å². The van der Waals surface area contributed by atoms with Crippen LogP contribution in [0.25, 0.3) is 0 Å². The predicted octanol–water partition coefficient (Wildman–Crippen LogP) is 3.75. The Hall–Kier alpha value is -3.88. The van der Waals surface area contributed by atoms with Gasteiger partial charge >= 0.3 is 0 Å². The third-order valence-corrected chi connectivity index (χ3v) is 4.79. The van der Waals surface area contributed by atoms with Crippen LogP contribution in [0.4, 0.5) is 11.4 Å². The minimum Gasteiger partial charge on any atom is -0.497 e. The molecule has 0 bridgehead atoms. The lowest BCUT2D eigenvalue weighted by atomic mass is 10.0. The van der Waals surface area contributed by atoms with Crippen LogP contribution in [0.5, 0.6) is 11.5 Å². The van der Waals surface area contributed by atoms with E-state index in [1.54, 1.807) is 55.4 Å². The van der Waals surface area contributed by atoms with E-state index in [9.17, 15) is 14.9 Å². The molecule has 2 aromatic carbocycles. The van der Waals surface area contributed by atoms with Crippen LogP contribution < -0.4 is 14.4 Å². The number of carbonyl (C=O) groups excluding carboxylic acids is 1. The maximum absolute atomic E-state index is 13.5. The number of ether oxygens (including phenoxy) is 2. The second-order valence-electron chi connectivity index (χ2n) is 6.64. The number of nitro benzene ring substituents is 1. The van der Waals surface area contributed by atoms with E-state index in [-0.39, 0.29) is 11.6 Å². The summed E-state index contributed by atoms with van der Waals surface area (Å²) >= 11 is 0. The molecule has 3 aromatic rings. The standard InChI is InChI=1S/C21H22N4O5/c1-14(19-11-18(29-3)9-10-20(19)30-4)24(17-12-22-23(2)13-17)21(26)15-5-7-16(8-6-15)25(27)28/h5-14H,1-4H3. The van der Waals surface area contributed by atoms with E-state index in [1.807, 2.05) is 13.0 Å². The van der Waals surface area contributed by atoms with E-state index < -0.39 is 11.0 Å². The Kier molecular flexibility index (Phi) is 6.01. The van der Waals surface area contributed by atoms with Crippen molar-refractivity contribution in [2.45, 2.75) is 13.0 Å². The SMILES string of the molecule is COc1ccc(OC)c(C(C)N(C(=O)c2ccc([N+](=O)[O-])cc2)c2cnn(C)c2)c1. The van der Waals surface area contributed by atoms with Gasteiger partial charge in [-0.15, -0.1) is 0 Å². The van der Waals surface area contributed by atoms with Crippen molar-refractivity contribution in [1.82, 2.24) is 9.78 Å². The van der Waals surface area contributed by atoms with Gasteiger partial charge in [-0.25, -0.2) is 0 Å². The topological polar surface area (TPSA) is 99.7 Å². The third-order valence-electron chi connectivity index (χ3n) is 4.79. The molecule has 1 heterocycles. The monoisotopic (exact) mass is 410 g/mol. The first-order valence-corrected chi connectivity index (χ1v) is 9.14. The van der Waals surface area contributed by atoms with Gasteiger partial charge < -0.3 is 9.47 Å². The highest BCUT2D eigenvalue weighted by atomic mass is 16.6. The number of carbonyl (C=O) groups is 1. The summed E-state index contributed by atoms with van der Waals surface area (Å²) in [5, 5.41) is 15.1. The fraction of sp³-hybridized carbons (Fsp3) is 0.238. The molecule has 1 amide bonds. The summed E-state index contributed by atoms with van der Waals surface area (Å²) in [6.45, 7) is 1.87. The van der Waals surface area contributed by atoms with Gasteiger partial charge in [0.1, 0.15) is 11.5 Å². The summed E-state index contributed by atoms with van der Waals surface area (Å²) in [6, 6.07) is 10.4. The minimum atomic E-state index is -0.503. The van der Waals surface area contributed by atoms with Crippen LogP contribution in [-0.4, -0.2) is 34.8 Å². The van der Waals surface area contributed by atoms with Crippen LogP contribution in [0.15, 0.2) is 54.9 Å². The van der Waals surface area contributed by atoms with Crippen LogP contribution in [0.3, 0.4) is 0 Å². The van der Waals surface area contributed by atoms with E-state index in [0.717, 1.165) is 5.56 Å². The van der Waals surface area contributed by atoms with Gasteiger partial charge in [-0.1, -0.05) is 0 Å². The van der Waals surface area contributed by atoms with Crippen LogP contribution >= 0.6 is 0 Å². The summed E-state index contributed by atoms with van der Waals surface area (Å²) in [6.07, 6.45) is 3.32. The van der Waals surface area contributed by atoms with Crippen molar-refractivity contribution in [3.05, 3.63) is 76.1 Å². The van der Waals surface area contributed by atoms with Crippen LogP contribution in [0.1, 0.15) is 28.9 Å². The lowest BCUT2D eigenvalue weighted by Crippen LogP contribution is -2.33. The number of anilines is 1. The maximum atomic E-state index is 13.5. The summed E-state index contributed by atoms with van der Waals surface area (Å²) in [7, 11) is 4.89. The highest BCUT2D eigenvalue weighted by Crippen LogP contribution is 2.36. The molecule has 30 heavy (non-hydrogen) atoms. The zero-order chi connectivity index (χ0) is 21.8. The molecule has 0 aliphatic heterocycles. The van der Waals surface area contributed by atoms with Gasteiger partial charge in [0.2, 0.25) is 0 Å². The van der Waals surface area contributed by atoms with E-state index in [4.69, 9.17) is 9.47 Å². The van der Waals surface area contributed by atoms with Gasteiger partial charge in [0.25, 0.3) is 11.6 Å². The summed E-state index contributed by atoms with van der Waals surface area (Å²) in [5.74, 6) is 0.913. The van der Waals surface area contributed by atoms with Gasteiger partial charge in [0.05, 0.1) is 37.1 Å². The summed E-state index contributed by atoms with van der Waals surface area (Å²) in [5.41, 5.74) is 1.56. The molecule has 156 valence electrons. The zero-order valence-corrected chi connectivity index (χ0v) is 17.1. The smallest absolute Gasteiger partial charge is 0.269 e. The number of hydrogen-bond donors (Lipinski definition) is 0. The molecule has 0 spiro atoms. The van der Waals surface area contributed by atoms with Crippen molar-refractivity contribution in [3.8, 4) is 11.5 Å². The maximum Gasteiger partial charge on any atom is 0.269 e. The average molecular weight is 410 g/mol. The number of benzene rings is 2. The molecule has 9 heteroatoms. The lowest BCUT2D eigenvalue weighted by Gasteiger charge is -2.29. The first-order valence-electron chi connectivity index (χ1n) is 9.14. The van der Waals surface area contributed by atoms with Crippen LogP contribution in [-0.2, 0) is 7.05 Å². The zero-order valence-electron chi connectivity index (χ0n) is 17.1. The van der Waals surface area contributed by atoms with E-state index >= 15 is 0 Å². The van der Waals surface area contributed by atoms with Gasteiger partial charge in [-0.05, 0) is 37.3 Å². The Morgan fingerprint density at radius 1 is 1.17 bits per heavy atom. The van der Waals surface area contributed by atoms with E-state index in [1.165, 1.54) is 24.3 Å². The van der Waals surface area contributed by atoms with Crippen LogP contribution in [0.2, 0.25) is 0 Å². The van der Waals surface area contributed by atoms with Gasteiger partial charge in [0.15, 0.2) is 0 Å². The predicted molar refractivity (Wildman–Crippen MR) is 111 cm³/mol. The number of aryl methyl sites for hydroxylation is 1. The second kappa shape index (κ2) is 8.64. The van der Waals surface area contributed by atoms with Crippen molar-refractivity contribution >= 4 is 17.3 Å². The number of methoxy groups -OCH3 is 2. The first kappa shape index (κ1) is 20.8. The highest BCUT2D eigenvalue weighted by molar-refractivity contribution is 6.06. The fourth-order valence-corrected chi connectivity index (χ4v) is 3.22. The van der Waals surface area contributed by atoms with Crippen LogP contribution in [0, 0.1) is 10.1 Å². The van der Waals surface area contributed by atoms with Gasteiger partial charge in [-0.2, -0.15) is 5.10 Å². The van der Waals surface area contributed by atoms with E-state index in [0.29, 0.717) is 22.7 Å². The normalized spacial score (nSPS) is 11.6. The van der Waals surface area contributed by atoms with E-state index in [2.05, 4.69) is 5.10 Å². The fourth-order valence-electron chi connectivity index (χ4n) is 3.22. The number of nitrogens with zero attached hydrogens (tertiary/aromatic N) is 4. The number of nitro groups is 1. The molecule has 0 aliphatic carbocycles. The number of non-ortho nitro benzene ring substituents is 1. The molecule has 9 nitrogen and oxygen atoms in total. The molecule has 0 saturated carbocycles. The molecule has 0 fully saturated rings. The Labute approximate surface area is 173 Å². The first-order chi connectivity index (χ1) is 14.3. The molecule has 0 aliphatic rings. The molecule has 0 radical (unpaired) electrons. The minimum absolute atomic E-state index is 0.0815. The number of aromatic nitrogens is 2. The van der Waals surface area contributed by atoms with Gasteiger partial charge in [-0.3, -0.25) is 24.5 Å². The molecule has 1 unspecified atom stereocenters. The largest absolute Gasteiger partial charge is 0.497 e. The van der Waals surface area contributed by atoms with Crippen molar-refractivity contribution < 1.29 is 19.2 Å². The quantitative estimate of drug-likeness (QED) is 0.434. The van der Waals surface area contributed by atoms with Crippen molar-refractivity contribution in [2.75, 3.05) is 19.1 Å². The molecule has 0 N–H and O–H groups in total. The molecule has 1 aromatic heterocycles. The molecular weight excluding hydrogens is 388 g/mol. The number of amides is 1. The second-order valence-corrected chi connectivity index (χ2v) is 6.64. The molecule has 3 rings (SSSR count). The van der Waals surface area contributed by atoms with Crippen molar-refractivity contribution in [3.63, 3.8) is 0 Å². The lowest BCUT2D eigenvalue weighted by molar-refractivity contribution is -0.384. The van der Waals surface area contributed by atoms with Gasteiger partial charge in [0, 0.05) is 36.5 Å². The number of rotatable bonds is 7. The van der Waals surface area contributed by atoms with Crippen molar-refractivity contribution in [2.24, 2.45) is 7.05 Å². The Morgan fingerprint density at radius 3 is 2.40 bits per heavy atom. The molecule has 1 atom stereocenters. The molecule has 0 saturated heterocycles. The summed E-state index contributed by atoms with van der Waals surface area (Å²) < 4.78 is 12.4. The Balaban J connectivity index is 2.07. The average Bonchev–Trinajstić information content (AvgIpc) is 3.18. The third kappa shape index (κ3) is 4.09. The molecular formula is C21H22N4O5.